The highest BCUT2D eigenvalue weighted by molar-refractivity contribution is 5.66. The van der Waals surface area contributed by atoms with Crippen LogP contribution in [0.3, 0.4) is 0 Å². The van der Waals surface area contributed by atoms with Crippen molar-refractivity contribution in [3.63, 3.8) is 0 Å². The van der Waals surface area contributed by atoms with Gasteiger partial charge in [0, 0.05) is 17.8 Å². The van der Waals surface area contributed by atoms with E-state index < -0.39 is 23.0 Å². The van der Waals surface area contributed by atoms with Crippen LogP contribution < -0.4 is 0 Å². The van der Waals surface area contributed by atoms with Gasteiger partial charge in [0.25, 0.3) is 0 Å². The number of aliphatic hydroxyl groups is 1. The fourth-order valence-electron chi connectivity index (χ4n) is 2.40. The SMILES string of the molecule is CCCCC/C=C\CC(O)C(C/C=C\C/C=C\CCCC(=O)O)[N+](=O)[O-]. The van der Waals surface area contributed by atoms with E-state index >= 15 is 0 Å². The minimum Gasteiger partial charge on any atom is -0.481 e. The van der Waals surface area contributed by atoms with Crippen molar-refractivity contribution in [3.05, 3.63) is 46.6 Å². The summed E-state index contributed by atoms with van der Waals surface area (Å²) in [7, 11) is 0. The van der Waals surface area contributed by atoms with Crippen molar-refractivity contribution in [2.75, 3.05) is 0 Å². The summed E-state index contributed by atoms with van der Waals surface area (Å²) in [5, 5.41) is 29.7. The van der Waals surface area contributed by atoms with Crippen LogP contribution in [0.5, 0.6) is 0 Å². The molecule has 0 aromatic heterocycles. The molecule has 6 heteroatoms. The Hall–Kier alpha value is -1.95. The van der Waals surface area contributed by atoms with Crippen LogP contribution in [0.2, 0.25) is 0 Å². The van der Waals surface area contributed by atoms with Crippen LogP contribution in [0.1, 0.15) is 71.1 Å². The highest BCUT2D eigenvalue weighted by Gasteiger charge is 2.27. The van der Waals surface area contributed by atoms with Gasteiger partial charge in [-0.1, -0.05) is 56.2 Å². The molecule has 0 rings (SSSR count). The standard InChI is InChI=1S/C20H33NO5/c1-2-3-4-5-10-13-16-19(22)18(21(25)26)15-12-9-7-6-8-11-14-17-20(23)24/h6,8-10,12-13,18-19,22H,2-5,7,11,14-17H2,1H3,(H,23,24)/b8-6-,12-9-,13-10-. The van der Waals surface area contributed by atoms with Crippen molar-refractivity contribution < 1.29 is 19.9 Å². The van der Waals surface area contributed by atoms with Crippen LogP contribution in [0.15, 0.2) is 36.5 Å². The first-order valence-electron chi connectivity index (χ1n) is 9.47. The zero-order valence-electron chi connectivity index (χ0n) is 15.8. The number of carboxylic acid groups (broad SMARTS) is 1. The van der Waals surface area contributed by atoms with E-state index in [9.17, 15) is 20.0 Å². The van der Waals surface area contributed by atoms with E-state index in [2.05, 4.69) is 6.92 Å². The number of carboxylic acids is 1. The number of nitro groups is 1. The average Bonchev–Trinajstić information content (AvgIpc) is 2.58. The largest absolute Gasteiger partial charge is 0.481 e. The number of aliphatic hydroxyl groups excluding tert-OH is 1. The van der Waals surface area contributed by atoms with Gasteiger partial charge in [-0.15, -0.1) is 0 Å². The molecule has 0 bridgehead atoms. The molecule has 0 aliphatic carbocycles. The molecule has 0 radical (unpaired) electrons. The summed E-state index contributed by atoms with van der Waals surface area (Å²) >= 11 is 0. The third-order valence-electron chi connectivity index (χ3n) is 3.98. The van der Waals surface area contributed by atoms with Crippen LogP contribution in [-0.2, 0) is 4.79 Å². The van der Waals surface area contributed by atoms with Gasteiger partial charge in [-0.05, 0) is 38.5 Å². The number of hydrogen-bond donors (Lipinski definition) is 2. The predicted octanol–water partition coefficient (Wildman–Crippen LogP) is 4.67. The van der Waals surface area contributed by atoms with E-state index in [1.54, 1.807) is 6.08 Å². The van der Waals surface area contributed by atoms with Crippen LogP contribution >= 0.6 is 0 Å². The van der Waals surface area contributed by atoms with Gasteiger partial charge in [0.1, 0.15) is 6.10 Å². The van der Waals surface area contributed by atoms with Crippen LogP contribution in [0.4, 0.5) is 0 Å². The molecule has 0 aromatic carbocycles. The van der Waals surface area contributed by atoms with Crippen LogP contribution in [0.25, 0.3) is 0 Å². The molecular formula is C20H33NO5. The second kappa shape index (κ2) is 16.5. The molecule has 26 heavy (non-hydrogen) atoms. The highest BCUT2D eigenvalue weighted by atomic mass is 16.6. The predicted molar refractivity (Wildman–Crippen MR) is 104 cm³/mol. The lowest BCUT2D eigenvalue weighted by Gasteiger charge is -2.12. The number of unbranched alkanes of at least 4 members (excludes halogenated alkanes) is 4. The molecule has 6 nitrogen and oxygen atoms in total. The monoisotopic (exact) mass is 367 g/mol. The quantitative estimate of drug-likeness (QED) is 0.179. The molecule has 0 saturated heterocycles. The van der Waals surface area contributed by atoms with Crippen LogP contribution in [-0.4, -0.2) is 33.3 Å². The topological polar surface area (TPSA) is 101 Å². The number of carbonyl (C=O) groups is 1. The summed E-state index contributed by atoms with van der Waals surface area (Å²) in [6.45, 7) is 2.14. The van der Waals surface area contributed by atoms with Gasteiger partial charge in [0.15, 0.2) is 0 Å². The third kappa shape index (κ3) is 14.4. The van der Waals surface area contributed by atoms with E-state index in [0.717, 1.165) is 19.3 Å². The van der Waals surface area contributed by atoms with E-state index in [-0.39, 0.29) is 12.8 Å². The molecule has 0 spiro atoms. The Morgan fingerprint density at radius 2 is 1.62 bits per heavy atom. The Kier molecular flexibility index (Phi) is 15.3. The van der Waals surface area contributed by atoms with Crippen molar-refractivity contribution in [1.82, 2.24) is 0 Å². The van der Waals surface area contributed by atoms with Crippen molar-refractivity contribution >= 4 is 5.97 Å². The second-order valence-electron chi connectivity index (χ2n) is 6.32. The molecule has 0 aliphatic heterocycles. The summed E-state index contributed by atoms with van der Waals surface area (Å²) < 4.78 is 0. The molecule has 0 aliphatic rings. The maximum atomic E-state index is 11.1. The van der Waals surface area contributed by atoms with E-state index in [0.29, 0.717) is 25.7 Å². The normalized spacial score (nSPS) is 14.4. The number of hydrogen-bond acceptors (Lipinski definition) is 4. The zero-order chi connectivity index (χ0) is 19.6. The maximum Gasteiger partial charge on any atom is 0.303 e. The smallest absolute Gasteiger partial charge is 0.303 e. The minimum absolute atomic E-state index is 0.162. The van der Waals surface area contributed by atoms with Crippen LogP contribution in [0, 0.1) is 10.1 Å². The number of allylic oxidation sites excluding steroid dienone is 4. The number of nitrogens with zero attached hydrogens (tertiary/aromatic N) is 1. The maximum absolute atomic E-state index is 11.1. The summed E-state index contributed by atoms with van der Waals surface area (Å²) in [6.07, 6.45) is 17.2. The average molecular weight is 367 g/mol. The molecule has 2 atom stereocenters. The van der Waals surface area contributed by atoms with Gasteiger partial charge in [-0.3, -0.25) is 14.9 Å². The van der Waals surface area contributed by atoms with Gasteiger partial charge in [-0.2, -0.15) is 0 Å². The lowest BCUT2D eigenvalue weighted by atomic mass is 10.0. The summed E-state index contributed by atoms with van der Waals surface area (Å²) in [5.41, 5.74) is 0. The molecule has 2 unspecified atom stereocenters. The van der Waals surface area contributed by atoms with Gasteiger partial charge in [0.2, 0.25) is 6.04 Å². The molecule has 0 fully saturated rings. The molecule has 0 heterocycles. The van der Waals surface area contributed by atoms with E-state index in [1.165, 1.54) is 6.42 Å². The first kappa shape index (κ1) is 24.1. The first-order valence-corrected chi connectivity index (χ1v) is 9.47. The van der Waals surface area contributed by atoms with Crippen molar-refractivity contribution in [1.29, 1.82) is 0 Å². The first-order chi connectivity index (χ1) is 12.5. The van der Waals surface area contributed by atoms with Crippen molar-refractivity contribution in [2.24, 2.45) is 0 Å². The Balaban J connectivity index is 4.08. The fourth-order valence-corrected chi connectivity index (χ4v) is 2.40. The number of rotatable bonds is 16. The van der Waals surface area contributed by atoms with Gasteiger partial charge >= 0.3 is 5.97 Å². The summed E-state index contributed by atoms with van der Waals surface area (Å²) in [5.74, 6) is -0.793. The lowest BCUT2D eigenvalue weighted by Crippen LogP contribution is -2.32. The highest BCUT2D eigenvalue weighted by Crippen LogP contribution is 2.10. The number of aliphatic carboxylic acids is 1. The Morgan fingerprint density at radius 3 is 2.27 bits per heavy atom. The Morgan fingerprint density at radius 1 is 1.00 bits per heavy atom. The fraction of sp³-hybridized carbons (Fsp3) is 0.650. The molecule has 0 aromatic rings. The van der Waals surface area contributed by atoms with E-state index in [1.807, 2.05) is 30.4 Å². The Bertz CT molecular complexity index is 471. The summed E-state index contributed by atoms with van der Waals surface area (Å²) in [4.78, 5) is 21.1. The lowest BCUT2D eigenvalue weighted by molar-refractivity contribution is -0.533. The van der Waals surface area contributed by atoms with E-state index in [4.69, 9.17) is 5.11 Å². The van der Waals surface area contributed by atoms with Crippen molar-refractivity contribution in [2.45, 2.75) is 83.3 Å². The summed E-state index contributed by atoms with van der Waals surface area (Å²) in [6, 6.07) is -0.994. The molecule has 0 amide bonds. The Labute approximate surface area is 156 Å². The van der Waals surface area contributed by atoms with Crippen molar-refractivity contribution in [3.8, 4) is 0 Å². The molecular weight excluding hydrogens is 334 g/mol. The molecule has 2 N–H and O–H groups in total. The second-order valence-corrected chi connectivity index (χ2v) is 6.32. The molecule has 148 valence electrons. The van der Waals surface area contributed by atoms with Gasteiger partial charge < -0.3 is 10.2 Å². The van der Waals surface area contributed by atoms with Gasteiger partial charge in [0.05, 0.1) is 0 Å². The van der Waals surface area contributed by atoms with Gasteiger partial charge in [-0.25, -0.2) is 0 Å². The minimum atomic E-state index is -0.994. The third-order valence-corrected chi connectivity index (χ3v) is 3.98. The zero-order valence-corrected chi connectivity index (χ0v) is 15.8. The molecule has 0 saturated carbocycles.